The number of β-lactam (4-membered cyclic amide) rings is 2. The highest BCUT2D eigenvalue weighted by Crippen LogP contribution is 2.51. The van der Waals surface area contributed by atoms with Gasteiger partial charge >= 0.3 is 17.9 Å². The second-order valence-corrected chi connectivity index (χ2v) is 17.3. The fraction of sp³-hybridized carbons (Fsp3) is 0.533. The van der Waals surface area contributed by atoms with E-state index >= 15 is 0 Å². The number of sulfone groups is 1. The summed E-state index contributed by atoms with van der Waals surface area (Å²) in [7, 11) is -2.63. The van der Waals surface area contributed by atoms with E-state index in [4.69, 9.17) is 9.47 Å². The highest BCUT2D eigenvalue weighted by Gasteiger charge is 2.68. The van der Waals surface area contributed by atoms with Gasteiger partial charge in [-0.1, -0.05) is 12.1 Å². The number of amides is 3. The van der Waals surface area contributed by atoms with Gasteiger partial charge in [-0.3, -0.25) is 14.4 Å². The van der Waals surface area contributed by atoms with E-state index in [0.717, 1.165) is 11.0 Å². The molecule has 260 valence electrons. The van der Waals surface area contributed by atoms with E-state index < -0.39 is 96.7 Å². The van der Waals surface area contributed by atoms with Crippen LogP contribution in [-0.4, -0.2) is 111 Å². The molecule has 4 aliphatic rings. The number of rotatable bonds is 10. The molecule has 0 radical (unpaired) electrons. The maximum atomic E-state index is 13.5. The van der Waals surface area contributed by atoms with Crippen LogP contribution < -0.4 is 10.6 Å². The Morgan fingerprint density at radius 3 is 2.23 bits per heavy atom. The molecule has 3 N–H and O–H groups in total. The van der Waals surface area contributed by atoms with Crippen LogP contribution >= 0.6 is 11.8 Å². The van der Waals surface area contributed by atoms with Crippen LogP contribution in [0.5, 0.6) is 5.75 Å². The number of nitrogens with zero attached hydrogens (tertiary/aromatic N) is 2. The number of allylic oxidation sites excluding steroid dienone is 1. The van der Waals surface area contributed by atoms with Crippen molar-refractivity contribution in [1.82, 2.24) is 20.4 Å². The van der Waals surface area contributed by atoms with E-state index in [2.05, 4.69) is 15.4 Å². The summed E-state index contributed by atoms with van der Waals surface area (Å²) in [6.45, 7) is 6.76. The molecule has 1 aromatic carbocycles. The Labute approximate surface area is 280 Å². The zero-order valence-electron chi connectivity index (χ0n) is 26.9. The summed E-state index contributed by atoms with van der Waals surface area (Å²) < 4.78 is 38.1. The van der Waals surface area contributed by atoms with Crippen molar-refractivity contribution in [2.45, 2.75) is 85.4 Å². The second kappa shape index (κ2) is 12.3. The first-order valence-corrected chi connectivity index (χ1v) is 17.3. The number of esters is 3. The smallest absolute Gasteiger partial charge is 0.333 e. The van der Waals surface area contributed by atoms with Crippen LogP contribution in [0.1, 0.15) is 52.6 Å². The standard InChI is InChI=1S/C30H36N4O12S2/c1-14(11-19(37)44-6)31-20(15-7-9-16(35)10-8-15)24(38)32-21-25(39)34-22(29(2,3)47-26(21)34)27(40)45-13-46-28(41)23-30(4,5)48(42,43)18-12-17(36)33(18)23/h7-11,18,20-23,26,31,35H,12-13H2,1-6H3,(H,32,38)/t18-,20?,21-,22+,23+,26-/m1/s1. The summed E-state index contributed by atoms with van der Waals surface area (Å²) in [5.41, 5.74) is 0.723. The Bertz CT molecular complexity index is 1710. The van der Waals surface area contributed by atoms with E-state index in [1.54, 1.807) is 20.8 Å². The van der Waals surface area contributed by atoms with Crippen molar-refractivity contribution in [3.05, 3.63) is 41.6 Å². The third-order valence-corrected chi connectivity index (χ3v) is 13.3. The van der Waals surface area contributed by atoms with Crippen molar-refractivity contribution < 1.29 is 56.5 Å². The molecule has 0 bridgehead atoms. The molecule has 1 aromatic rings. The molecule has 0 aromatic heterocycles. The minimum Gasteiger partial charge on any atom is -0.508 e. The lowest BCUT2D eigenvalue weighted by atomic mass is 9.95. The third-order valence-electron chi connectivity index (χ3n) is 8.96. The van der Waals surface area contributed by atoms with E-state index in [9.17, 15) is 42.3 Å². The monoisotopic (exact) mass is 708 g/mol. The SMILES string of the molecule is COC(=O)C=C(C)NC(C(=O)N[C@@H]1C(=O)N2[C@@H]1SC(C)(C)[C@@H]2C(=O)OCOC(=O)[C@@H]1N2C(=O)C[C@H]2S(=O)(=O)C1(C)C)c1ccc(O)cc1. The van der Waals surface area contributed by atoms with Crippen LogP contribution in [0.25, 0.3) is 0 Å². The lowest BCUT2D eigenvalue weighted by Crippen LogP contribution is -2.71. The largest absolute Gasteiger partial charge is 0.508 e. The number of fused-ring (bicyclic) bond motifs is 2. The first-order valence-electron chi connectivity index (χ1n) is 14.8. The maximum Gasteiger partial charge on any atom is 0.333 e. The molecule has 48 heavy (non-hydrogen) atoms. The van der Waals surface area contributed by atoms with Crippen molar-refractivity contribution in [1.29, 1.82) is 0 Å². The number of nitrogens with one attached hydrogen (secondary N) is 2. The number of carbonyl (C=O) groups is 6. The van der Waals surface area contributed by atoms with Gasteiger partial charge in [-0.2, -0.15) is 0 Å². The number of hydrogen-bond acceptors (Lipinski definition) is 14. The lowest BCUT2D eigenvalue weighted by Gasteiger charge is -2.44. The summed E-state index contributed by atoms with van der Waals surface area (Å²) in [6.07, 6.45) is 0.934. The number of thioether (sulfide) groups is 1. The normalized spacial score (nSPS) is 28.2. The number of benzene rings is 1. The number of phenolic OH excluding ortho intramolecular Hbond substituents is 1. The Balaban J connectivity index is 1.23. The Kier molecular flexibility index (Phi) is 8.96. The average Bonchev–Trinajstić information content (AvgIpc) is 3.33. The van der Waals surface area contributed by atoms with E-state index in [1.165, 1.54) is 61.9 Å². The summed E-state index contributed by atoms with van der Waals surface area (Å²) in [4.78, 5) is 79.2. The minimum absolute atomic E-state index is 0.0305. The Morgan fingerprint density at radius 1 is 1.04 bits per heavy atom. The van der Waals surface area contributed by atoms with Gasteiger partial charge in [0, 0.05) is 16.5 Å². The van der Waals surface area contributed by atoms with E-state index in [1.807, 2.05) is 0 Å². The molecule has 0 aliphatic carbocycles. The molecule has 16 nitrogen and oxygen atoms in total. The molecule has 0 saturated carbocycles. The third kappa shape index (κ3) is 5.73. The number of aromatic hydroxyl groups is 1. The van der Waals surface area contributed by atoms with Gasteiger partial charge in [-0.05, 0) is 52.3 Å². The van der Waals surface area contributed by atoms with Gasteiger partial charge in [0.05, 0.1) is 18.3 Å². The molecule has 4 saturated heterocycles. The van der Waals surface area contributed by atoms with Gasteiger partial charge in [0.2, 0.25) is 24.5 Å². The van der Waals surface area contributed by atoms with Crippen LogP contribution in [0.3, 0.4) is 0 Å². The zero-order valence-corrected chi connectivity index (χ0v) is 28.5. The molecule has 3 amide bonds. The summed E-state index contributed by atoms with van der Waals surface area (Å²) in [5, 5.41) is 13.6. The van der Waals surface area contributed by atoms with Gasteiger partial charge in [0.15, 0.2) is 9.84 Å². The molecule has 6 atom stereocenters. The van der Waals surface area contributed by atoms with E-state index in [-0.39, 0.29) is 12.2 Å². The van der Waals surface area contributed by atoms with E-state index in [0.29, 0.717) is 11.3 Å². The molecule has 5 rings (SSSR count). The first-order chi connectivity index (χ1) is 22.3. The van der Waals surface area contributed by atoms with Crippen molar-refractivity contribution in [2.75, 3.05) is 13.9 Å². The number of methoxy groups -OCH3 is 1. The van der Waals surface area contributed by atoms with Crippen LogP contribution in [0.15, 0.2) is 36.0 Å². The molecule has 0 spiro atoms. The lowest BCUT2D eigenvalue weighted by molar-refractivity contribution is -0.181. The predicted molar refractivity (Wildman–Crippen MR) is 167 cm³/mol. The van der Waals surface area contributed by atoms with Gasteiger partial charge in [-0.15, -0.1) is 11.8 Å². The number of ether oxygens (including phenoxy) is 3. The number of carbonyl (C=O) groups excluding carboxylic acids is 6. The number of hydrogen-bond donors (Lipinski definition) is 3. The Hall–Kier alpha value is -4.32. The van der Waals surface area contributed by atoms with Gasteiger partial charge in [0.1, 0.15) is 40.7 Å². The van der Waals surface area contributed by atoms with Crippen LogP contribution in [-0.2, 0) is 52.8 Å². The zero-order chi connectivity index (χ0) is 35.5. The summed E-state index contributed by atoms with van der Waals surface area (Å²) >= 11 is 1.26. The molecule has 1 unspecified atom stereocenters. The van der Waals surface area contributed by atoms with Crippen LogP contribution in [0.2, 0.25) is 0 Å². The highest BCUT2D eigenvalue weighted by molar-refractivity contribution is 8.01. The van der Waals surface area contributed by atoms with Gasteiger partial charge < -0.3 is 39.8 Å². The maximum absolute atomic E-state index is 13.5. The number of phenols is 1. The van der Waals surface area contributed by atoms with Crippen molar-refractivity contribution in [3.63, 3.8) is 0 Å². The minimum atomic E-state index is -3.84. The molecule has 4 aliphatic heterocycles. The topological polar surface area (TPSA) is 215 Å². The summed E-state index contributed by atoms with van der Waals surface area (Å²) in [5.74, 6) is -4.28. The molecule has 4 heterocycles. The first kappa shape index (κ1) is 35.0. The fourth-order valence-electron chi connectivity index (χ4n) is 6.35. The van der Waals surface area contributed by atoms with Gasteiger partial charge in [-0.25, -0.2) is 22.8 Å². The fourth-order valence-corrected chi connectivity index (χ4v) is 10.1. The van der Waals surface area contributed by atoms with Crippen molar-refractivity contribution in [2.24, 2.45) is 0 Å². The average molecular weight is 709 g/mol. The highest BCUT2D eigenvalue weighted by atomic mass is 32.2. The second-order valence-electron chi connectivity index (χ2n) is 12.8. The van der Waals surface area contributed by atoms with Crippen molar-refractivity contribution in [3.8, 4) is 5.75 Å². The Morgan fingerprint density at radius 2 is 1.65 bits per heavy atom. The molecule has 4 fully saturated rings. The van der Waals surface area contributed by atoms with Crippen LogP contribution in [0.4, 0.5) is 0 Å². The molecule has 18 heteroatoms. The summed E-state index contributed by atoms with van der Waals surface area (Å²) in [6, 6.07) is 1.16. The van der Waals surface area contributed by atoms with Crippen LogP contribution in [0, 0.1) is 0 Å². The molecular formula is C30H36N4O12S2. The van der Waals surface area contributed by atoms with Crippen molar-refractivity contribution >= 4 is 57.2 Å². The quantitative estimate of drug-likeness (QED) is 0.125. The molecular weight excluding hydrogens is 672 g/mol. The predicted octanol–water partition coefficient (Wildman–Crippen LogP) is -0.175. The van der Waals surface area contributed by atoms with Gasteiger partial charge in [0.25, 0.3) is 0 Å².